The average Bonchev–Trinajstić information content (AvgIpc) is 3.25. The summed E-state index contributed by atoms with van der Waals surface area (Å²) in [7, 11) is -3.31. The predicted octanol–water partition coefficient (Wildman–Crippen LogP) is 2.59. The Morgan fingerprint density at radius 3 is 2.17 bits per heavy atom. The van der Waals surface area contributed by atoms with Crippen molar-refractivity contribution in [3.8, 4) is 0 Å². The van der Waals surface area contributed by atoms with Gasteiger partial charge in [-0.1, -0.05) is 12.1 Å². The first kappa shape index (κ1) is 18.7. The Kier molecular flexibility index (Phi) is 5.20. The van der Waals surface area contributed by atoms with E-state index >= 15 is 0 Å². The van der Waals surface area contributed by atoms with E-state index in [0.717, 1.165) is 19.1 Å². The summed E-state index contributed by atoms with van der Waals surface area (Å²) in [5.74, 6) is 0.344. The lowest BCUT2D eigenvalue weighted by molar-refractivity contribution is -0.117. The molecular weight excluding hydrogens is 328 g/mol. The fraction of sp³-hybridized carbons (Fsp3) is 0.500. The highest BCUT2D eigenvalue weighted by molar-refractivity contribution is 7.90. The molecule has 1 N–H and O–H groups in total. The Hall–Kier alpha value is -1.66. The topological polar surface area (TPSA) is 80.7 Å². The first-order valence-electron chi connectivity index (χ1n) is 7.91. The predicted molar refractivity (Wildman–Crippen MR) is 92.1 cm³/mol. The lowest BCUT2D eigenvalue weighted by Gasteiger charge is -2.25. The van der Waals surface area contributed by atoms with Crippen molar-refractivity contribution >= 4 is 21.2 Å². The minimum Gasteiger partial charge on any atom is -0.489 e. The van der Waals surface area contributed by atoms with Crippen molar-refractivity contribution in [3.05, 3.63) is 35.6 Å². The highest BCUT2D eigenvalue weighted by Gasteiger charge is 2.30. The molecule has 0 radical (unpaired) electrons. The molecule has 1 aromatic carbocycles. The van der Waals surface area contributed by atoms with Gasteiger partial charge in [0, 0.05) is 18.8 Å². The molecule has 6 heteroatoms. The number of sulfone groups is 1. The Morgan fingerprint density at radius 2 is 1.79 bits per heavy atom. The van der Waals surface area contributed by atoms with E-state index in [-0.39, 0.29) is 16.4 Å². The zero-order valence-electron chi connectivity index (χ0n) is 14.5. The van der Waals surface area contributed by atoms with Crippen LogP contribution in [0.3, 0.4) is 0 Å². The quantitative estimate of drug-likeness (QED) is 0.602. The second-order valence-electron chi connectivity index (χ2n) is 6.87. The fourth-order valence-corrected chi connectivity index (χ4v) is 3.10. The second kappa shape index (κ2) is 6.69. The van der Waals surface area contributed by atoms with Gasteiger partial charge in [0.25, 0.3) is 0 Å². The minimum atomic E-state index is -3.31. The Bertz CT molecular complexity index is 748. The lowest BCUT2D eigenvalue weighted by Crippen LogP contribution is -2.25. The van der Waals surface area contributed by atoms with E-state index in [4.69, 9.17) is 4.74 Å². The van der Waals surface area contributed by atoms with Crippen LogP contribution < -0.4 is 0 Å². The van der Waals surface area contributed by atoms with Gasteiger partial charge in [-0.15, -0.1) is 0 Å². The van der Waals surface area contributed by atoms with Crippen molar-refractivity contribution in [3.63, 3.8) is 0 Å². The molecule has 5 nitrogen and oxygen atoms in total. The van der Waals surface area contributed by atoms with E-state index in [1.807, 2.05) is 0 Å². The normalized spacial score (nSPS) is 16.5. The van der Waals surface area contributed by atoms with Gasteiger partial charge in [0.05, 0.1) is 17.1 Å². The molecule has 0 saturated heterocycles. The summed E-state index contributed by atoms with van der Waals surface area (Å²) < 4.78 is 28.9. The van der Waals surface area contributed by atoms with Crippen LogP contribution >= 0.6 is 0 Å². The van der Waals surface area contributed by atoms with Crippen LogP contribution in [0.1, 0.15) is 39.2 Å². The molecule has 0 bridgehead atoms. The van der Waals surface area contributed by atoms with E-state index in [1.54, 1.807) is 26.0 Å². The van der Waals surface area contributed by atoms with E-state index in [0.29, 0.717) is 23.7 Å². The molecule has 0 aliphatic heterocycles. The number of aliphatic hydroxyl groups is 1. The van der Waals surface area contributed by atoms with Gasteiger partial charge < -0.3 is 9.84 Å². The number of ether oxygens (including phenoxy) is 1. The number of rotatable bonds is 7. The lowest BCUT2D eigenvalue weighted by atomic mass is 9.89. The first-order chi connectivity index (χ1) is 11.0. The van der Waals surface area contributed by atoms with Crippen LogP contribution in [-0.4, -0.2) is 37.8 Å². The Labute approximate surface area is 143 Å². The number of benzene rings is 1. The Morgan fingerprint density at radius 1 is 1.25 bits per heavy atom. The Balaban J connectivity index is 2.49. The molecule has 0 amide bonds. The van der Waals surface area contributed by atoms with Gasteiger partial charge in [-0.3, -0.25) is 4.79 Å². The number of hydrogen-bond acceptors (Lipinski definition) is 5. The summed E-state index contributed by atoms with van der Waals surface area (Å²) in [5, 5.41) is 10.6. The van der Waals surface area contributed by atoms with E-state index in [2.05, 4.69) is 0 Å². The molecule has 0 atom stereocenters. The third-order valence-electron chi connectivity index (χ3n) is 3.89. The smallest absolute Gasteiger partial charge is 0.194 e. The van der Waals surface area contributed by atoms with Gasteiger partial charge in [0.2, 0.25) is 0 Å². The molecule has 1 aliphatic carbocycles. The standard InChI is InChI=1S/C18H24O5S/c1-12(19)17(23-11-13-5-6-13)16(18(2,3)20)14-7-9-15(10-8-14)24(4,21)22/h7-10,13,20H,5-6,11H2,1-4H3. The number of Topliss-reactive ketones (excluding diaryl/α,β-unsaturated/α-hetero) is 1. The largest absolute Gasteiger partial charge is 0.489 e. The summed E-state index contributed by atoms with van der Waals surface area (Å²) in [6.07, 6.45) is 3.31. The van der Waals surface area contributed by atoms with E-state index in [1.165, 1.54) is 19.1 Å². The highest BCUT2D eigenvalue weighted by Crippen LogP contribution is 2.34. The van der Waals surface area contributed by atoms with E-state index in [9.17, 15) is 18.3 Å². The molecule has 1 saturated carbocycles. The molecule has 0 aromatic heterocycles. The van der Waals surface area contributed by atoms with E-state index < -0.39 is 15.4 Å². The first-order valence-corrected chi connectivity index (χ1v) is 9.80. The van der Waals surface area contributed by atoms with Crippen molar-refractivity contribution in [2.24, 2.45) is 5.92 Å². The SMILES string of the molecule is CC(=O)C(OCC1CC1)=C(c1ccc(S(C)(=O)=O)cc1)C(C)(C)O. The minimum absolute atomic E-state index is 0.140. The maximum atomic E-state index is 12.1. The van der Waals surface area contributed by atoms with Crippen molar-refractivity contribution < 1.29 is 23.1 Å². The summed E-state index contributed by atoms with van der Waals surface area (Å²) in [4.78, 5) is 12.3. The van der Waals surface area contributed by atoms with Crippen LogP contribution in [0.4, 0.5) is 0 Å². The number of carbonyl (C=O) groups excluding carboxylic acids is 1. The zero-order chi connectivity index (χ0) is 18.1. The van der Waals surface area contributed by atoms with Crippen LogP contribution in [0.15, 0.2) is 34.9 Å². The maximum absolute atomic E-state index is 12.1. The molecule has 132 valence electrons. The third kappa shape index (κ3) is 4.68. The summed E-state index contributed by atoms with van der Waals surface area (Å²) in [6, 6.07) is 6.12. The van der Waals surface area contributed by atoms with Gasteiger partial charge in [-0.2, -0.15) is 0 Å². The molecule has 1 aromatic rings. The molecule has 1 aliphatic rings. The second-order valence-corrected chi connectivity index (χ2v) is 8.89. The van der Waals surface area contributed by atoms with Crippen LogP contribution in [0, 0.1) is 5.92 Å². The number of ketones is 1. The zero-order valence-corrected chi connectivity index (χ0v) is 15.3. The molecule has 0 heterocycles. The summed E-state index contributed by atoms with van der Waals surface area (Å²) >= 11 is 0. The summed E-state index contributed by atoms with van der Waals surface area (Å²) in [5.41, 5.74) is -0.372. The van der Waals surface area contributed by atoms with Gasteiger partial charge in [0.1, 0.15) is 0 Å². The number of allylic oxidation sites excluding steroid dienone is 1. The van der Waals surface area contributed by atoms with Crippen LogP contribution in [0.5, 0.6) is 0 Å². The molecule has 1 fully saturated rings. The van der Waals surface area contributed by atoms with Gasteiger partial charge in [-0.25, -0.2) is 8.42 Å². The van der Waals surface area contributed by atoms with Gasteiger partial charge in [0.15, 0.2) is 21.4 Å². The molecular formula is C18H24O5S. The monoisotopic (exact) mass is 352 g/mol. The molecule has 0 spiro atoms. The third-order valence-corrected chi connectivity index (χ3v) is 5.02. The summed E-state index contributed by atoms with van der Waals surface area (Å²) in [6.45, 7) is 5.02. The van der Waals surface area contributed by atoms with Gasteiger partial charge >= 0.3 is 0 Å². The van der Waals surface area contributed by atoms with Crippen LogP contribution in [0.25, 0.3) is 5.57 Å². The molecule has 0 unspecified atom stereocenters. The fourth-order valence-electron chi connectivity index (χ4n) is 2.47. The van der Waals surface area contributed by atoms with Crippen molar-refractivity contribution in [2.45, 2.75) is 44.1 Å². The van der Waals surface area contributed by atoms with Crippen LogP contribution in [-0.2, 0) is 19.4 Å². The van der Waals surface area contributed by atoms with Crippen molar-refractivity contribution in [1.29, 1.82) is 0 Å². The maximum Gasteiger partial charge on any atom is 0.194 e. The van der Waals surface area contributed by atoms with Crippen LogP contribution in [0.2, 0.25) is 0 Å². The molecule has 2 rings (SSSR count). The van der Waals surface area contributed by atoms with Crippen molar-refractivity contribution in [2.75, 3.05) is 12.9 Å². The molecule has 24 heavy (non-hydrogen) atoms. The number of hydrogen-bond donors (Lipinski definition) is 1. The highest BCUT2D eigenvalue weighted by atomic mass is 32.2. The average molecular weight is 352 g/mol. The van der Waals surface area contributed by atoms with Crippen molar-refractivity contribution in [1.82, 2.24) is 0 Å². The number of carbonyl (C=O) groups is 1. The van der Waals surface area contributed by atoms with Gasteiger partial charge in [-0.05, 0) is 50.3 Å².